The number of ether oxygens (including phenoxy) is 1. The Morgan fingerprint density at radius 2 is 2.00 bits per heavy atom. The molecule has 0 saturated carbocycles. The van der Waals surface area contributed by atoms with Gasteiger partial charge in [0.05, 0.1) is 10.2 Å². The lowest BCUT2D eigenvalue weighted by Gasteiger charge is -2.02. The lowest BCUT2D eigenvalue weighted by atomic mass is 10.1. The average Bonchev–Trinajstić information content (AvgIpc) is 3.05. The Bertz CT molecular complexity index is 875. The van der Waals surface area contributed by atoms with Crippen molar-refractivity contribution in [3.63, 3.8) is 0 Å². The van der Waals surface area contributed by atoms with Crippen LogP contribution in [0.1, 0.15) is 44.0 Å². The molecule has 2 heterocycles. The number of fused-ring (bicyclic) bond motifs is 1. The van der Waals surface area contributed by atoms with E-state index in [1.54, 1.807) is 13.8 Å². The summed E-state index contributed by atoms with van der Waals surface area (Å²) in [5.74, 6) is -0.543. The SMILES string of the molecule is CC(=O)c1c(C)[nH]c(C(=O)OCc2nc3ccccc3s2)c1C. The predicted molar refractivity (Wildman–Crippen MR) is 89.0 cm³/mol. The van der Waals surface area contributed by atoms with E-state index in [1.165, 1.54) is 18.3 Å². The molecule has 0 amide bonds. The third-order valence-corrected chi connectivity index (χ3v) is 4.67. The van der Waals surface area contributed by atoms with Crippen LogP contribution in [0.3, 0.4) is 0 Å². The Labute approximate surface area is 137 Å². The summed E-state index contributed by atoms with van der Waals surface area (Å²) in [6.07, 6.45) is 0. The van der Waals surface area contributed by atoms with Crippen molar-refractivity contribution in [1.29, 1.82) is 0 Å². The monoisotopic (exact) mass is 328 g/mol. The van der Waals surface area contributed by atoms with E-state index in [0.29, 0.717) is 22.5 Å². The summed E-state index contributed by atoms with van der Waals surface area (Å²) >= 11 is 1.50. The van der Waals surface area contributed by atoms with Crippen molar-refractivity contribution in [3.05, 3.63) is 51.8 Å². The number of carbonyl (C=O) groups is 2. The third-order valence-electron chi connectivity index (χ3n) is 3.66. The summed E-state index contributed by atoms with van der Waals surface area (Å²) in [7, 11) is 0. The molecule has 0 aliphatic carbocycles. The van der Waals surface area contributed by atoms with Gasteiger partial charge >= 0.3 is 5.97 Å². The van der Waals surface area contributed by atoms with Gasteiger partial charge in [-0.05, 0) is 38.5 Å². The smallest absolute Gasteiger partial charge is 0.355 e. The summed E-state index contributed by atoms with van der Waals surface area (Å²) in [5.41, 5.74) is 3.09. The molecule has 0 aliphatic rings. The molecule has 0 spiro atoms. The van der Waals surface area contributed by atoms with E-state index in [4.69, 9.17) is 4.74 Å². The molecule has 3 rings (SSSR count). The van der Waals surface area contributed by atoms with Crippen LogP contribution in [-0.2, 0) is 11.3 Å². The third kappa shape index (κ3) is 2.90. The molecule has 0 fully saturated rings. The van der Waals surface area contributed by atoms with Gasteiger partial charge in [0, 0.05) is 11.3 Å². The van der Waals surface area contributed by atoms with E-state index in [-0.39, 0.29) is 12.4 Å². The predicted octanol–water partition coefficient (Wildman–Crippen LogP) is 3.80. The normalized spacial score (nSPS) is 10.9. The average molecular weight is 328 g/mol. The van der Waals surface area contributed by atoms with E-state index in [2.05, 4.69) is 9.97 Å². The molecule has 5 nitrogen and oxygen atoms in total. The number of esters is 1. The van der Waals surface area contributed by atoms with Crippen molar-refractivity contribution in [2.24, 2.45) is 0 Å². The maximum atomic E-state index is 12.3. The lowest BCUT2D eigenvalue weighted by Crippen LogP contribution is -2.07. The van der Waals surface area contributed by atoms with Crippen molar-refractivity contribution in [2.75, 3.05) is 0 Å². The fourth-order valence-corrected chi connectivity index (χ4v) is 3.54. The number of aromatic nitrogens is 2. The largest absolute Gasteiger partial charge is 0.454 e. The first-order chi connectivity index (χ1) is 11.0. The first-order valence-electron chi connectivity index (χ1n) is 7.19. The first-order valence-corrected chi connectivity index (χ1v) is 8.00. The minimum atomic E-state index is -0.475. The number of nitrogens with zero attached hydrogens (tertiary/aromatic N) is 1. The second-order valence-corrected chi connectivity index (χ2v) is 6.45. The minimum Gasteiger partial charge on any atom is -0.454 e. The highest BCUT2D eigenvalue weighted by atomic mass is 32.1. The maximum Gasteiger partial charge on any atom is 0.355 e. The number of benzene rings is 1. The Morgan fingerprint density at radius 1 is 1.26 bits per heavy atom. The Morgan fingerprint density at radius 3 is 2.65 bits per heavy atom. The summed E-state index contributed by atoms with van der Waals surface area (Å²) in [5, 5.41) is 0.743. The van der Waals surface area contributed by atoms with E-state index >= 15 is 0 Å². The van der Waals surface area contributed by atoms with Crippen LogP contribution in [-0.4, -0.2) is 21.7 Å². The number of aromatic amines is 1. The van der Waals surface area contributed by atoms with Crippen LogP contribution < -0.4 is 0 Å². The highest BCUT2D eigenvalue weighted by Gasteiger charge is 2.21. The Kier molecular flexibility index (Phi) is 4.00. The number of hydrogen-bond acceptors (Lipinski definition) is 5. The van der Waals surface area contributed by atoms with Crippen molar-refractivity contribution < 1.29 is 14.3 Å². The number of nitrogens with one attached hydrogen (secondary N) is 1. The van der Waals surface area contributed by atoms with Crippen LogP contribution >= 0.6 is 11.3 Å². The van der Waals surface area contributed by atoms with Gasteiger partial charge in [-0.25, -0.2) is 9.78 Å². The van der Waals surface area contributed by atoms with Crippen LogP contribution in [0, 0.1) is 13.8 Å². The zero-order valence-electron chi connectivity index (χ0n) is 13.1. The molecule has 0 unspecified atom stereocenters. The number of aryl methyl sites for hydroxylation is 1. The van der Waals surface area contributed by atoms with Crippen LogP contribution in [0.25, 0.3) is 10.2 Å². The van der Waals surface area contributed by atoms with E-state index in [0.717, 1.165) is 15.2 Å². The van der Waals surface area contributed by atoms with E-state index in [1.807, 2.05) is 24.3 Å². The number of hydrogen-bond donors (Lipinski definition) is 1. The standard InChI is InChI=1S/C17H16N2O3S/c1-9-15(11(3)20)10(2)18-16(9)17(21)22-8-14-19-12-6-4-5-7-13(12)23-14/h4-7,18H,8H2,1-3H3. The zero-order valence-corrected chi connectivity index (χ0v) is 13.9. The fourth-order valence-electron chi connectivity index (χ4n) is 2.66. The molecule has 0 bridgehead atoms. The highest BCUT2D eigenvalue weighted by molar-refractivity contribution is 7.18. The van der Waals surface area contributed by atoms with Gasteiger partial charge < -0.3 is 9.72 Å². The number of H-pyrrole nitrogens is 1. The summed E-state index contributed by atoms with van der Waals surface area (Å²) < 4.78 is 6.40. The molecule has 0 aliphatic heterocycles. The molecule has 23 heavy (non-hydrogen) atoms. The van der Waals surface area contributed by atoms with Gasteiger partial charge in [-0.3, -0.25) is 4.79 Å². The van der Waals surface area contributed by atoms with E-state index < -0.39 is 5.97 Å². The van der Waals surface area contributed by atoms with E-state index in [9.17, 15) is 9.59 Å². The van der Waals surface area contributed by atoms with Gasteiger partial charge in [0.2, 0.25) is 0 Å². The number of rotatable bonds is 4. The molecule has 118 valence electrons. The number of para-hydroxylation sites is 1. The Hall–Kier alpha value is -2.47. The number of carbonyl (C=O) groups excluding carboxylic acids is 2. The molecule has 1 N–H and O–H groups in total. The van der Waals surface area contributed by atoms with Crippen LogP contribution in [0.2, 0.25) is 0 Å². The van der Waals surface area contributed by atoms with Crippen molar-refractivity contribution in [1.82, 2.24) is 9.97 Å². The number of ketones is 1. The lowest BCUT2D eigenvalue weighted by molar-refractivity contribution is 0.0465. The molecule has 0 atom stereocenters. The molecular formula is C17H16N2O3S. The summed E-state index contributed by atoms with van der Waals surface area (Å²) in [6, 6.07) is 7.78. The van der Waals surface area contributed by atoms with Gasteiger partial charge in [0.1, 0.15) is 17.3 Å². The van der Waals surface area contributed by atoms with Crippen LogP contribution in [0.15, 0.2) is 24.3 Å². The van der Waals surface area contributed by atoms with Gasteiger partial charge in [0.25, 0.3) is 0 Å². The number of Topliss-reactive ketones (excluding diaryl/α,β-unsaturated/α-hetero) is 1. The van der Waals surface area contributed by atoms with Crippen molar-refractivity contribution >= 4 is 33.3 Å². The fraction of sp³-hybridized carbons (Fsp3) is 0.235. The number of thiazole rings is 1. The first kappa shape index (κ1) is 15.4. The van der Waals surface area contributed by atoms with Gasteiger partial charge in [-0.2, -0.15) is 0 Å². The summed E-state index contributed by atoms with van der Waals surface area (Å²) in [4.78, 5) is 31.2. The van der Waals surface area contributed by atoms with Crippen LogP contribution in [0.5, 0.6) is 0 Å². The second-order valence-electron chi connectivity index (χ2n) is 5.33. The molecule has 6 heteroatoms. The molecule has 0 radical (unpaired) electrons. The topological polar surface area (TPSA) is 72.0 Å². The molecule has 3 aromatic rings. The molecule has 0 saturated heterocycles. The zero-order chi connectivity index (χ0) is 16.6. The molecule has 2 aromatic heterocycles. The minimum absolute atomic E-state index is 0.0681. The maximum absolute atomic E-state index is 12.3. The van der Waals surface area contributed by atoms with Gasteiger partial charge in [-0.15, -0.1) is 11.3 Å². The van der Waals surface area contributed by atoms with Gasteiger partial charge in [0.15, 0.2) is 5.78 Å². The quantitative estimate of drug-likeness (QED) is 0.584. The van der Waals surface area contributed by atoms with Gasteiger partial charge in [-0.1, -0.05) is 12.1 Å². The highest BCUT2D eigenvalue weighted by Crippen LogP contribution is 2.23. The van der Waals surface area contributed by atoms with Crippen LogP contribution in [0.4, 0.5) is 0 Å². The van der Waals surface area contributed by atoms with Crippen molar-refractivity contribution in [2.45, 2.75) is 27.4 Å². The molecule has 1 aromatic carbocycles. The Balaban J connectivity index is 1.77. The second kappa shape index (κ2) is 5.96. The van der Waals surface area contributed by atoms with Crippen molar-refractivity contribution in [3.8, 4) is 0 Å². The summed E-state index contributed by atoms with van der Waals surface area (Å²) in [6.45, 7) is 5.12. The molecular weight excluding hydrogens is 312 g/mol.